The van der Waals surface area contributed by atoms with Gasteiger partial charge in [-0.05, 0) is 31.4 Å². The Morgan fingerprint density at radius 1 is 1.40 bits per heavy atom. The number of nitrogens with one attached hydrogen (secondary N) is 1. The van der Waals surface area contributed by atoms with Crippen LogP contribution in [0.1, 0.15) is 32.6 Å². The Bertz CT molecular complexity index is 850. The van der Waals surface area contributed by atoms with Crippen molar-refractivity contribution in [1.82, 2.24) is 18.4 Å². The first-order valence-corrected chi connectivity index (χ1v) is 10.7. The fourth-order valence-corrected chi connectivity index (χ4v) is 5.31. The van der Waals surface area contributed by atoms with Gasteiger partial charge >= 0.3 is 0 Å². The van der Waals surface area contributed by atoms with Crippen LogP contribution in [0.5, 0.6) is 0 Å². The van der Waals surface area contributed by atoms with E-state index in [0.717, 1.165) is 24.6 Å². The molecule has 2 aromatic rings. The zero-order valence-corrected chi connectivity index (χ0v) is 15.8. The number of unbranched alkanes of at least 4 members (excludes halogenated alkanes) is 1. The highest BCUT2D eigenvalue weighted by molar-refractivity contribution is 7.89. The largest absolute Gasteiger partial charge is 0.356 e. The van der Waals surface area contributed by atoms with Crippen LogP contribution in [0, 0.1) is 5.92 Å². The second-order valence-corrected chi connectivity index (χ2v) is 8.67. The molecule has 1 fully saturated rings. The molecule has 1 amide bonds. The minimum atomic E-state index is -3.69. The molecule has 1 aromatic heterocycles. The maximum Gasteiger partial charge on any atom is 0.245 e. The van der Waals surface area contributed by atoms with Crippen LogP contribution in [0.3, 0.4) is 0 Å². The maximum absolute atomic E-state index is 13.1. The number of benzene rings is 1. The third-order valence-corrected chi connectivity index (χ3v) is 6.89. The molecule has 0 bridgehead atoms. The molecular formula is C16H22N4O3S2. The standard InChI is InChI=1S/C16H22N4O3S2/c1-2-3-9-17-16(21)12-6-5-10-20(11-12)25(22,23)14-8-4-7-13-15(14)19-24-18-13/h4,7-8,12H,2-3,5-6,9-11H2,1H3,(H,17,21). The molecule has 1 N–H and O–H groups in total. The zero-order valence-electron chi connectivity index (χ0n) is 14.1. The molecule has 1 saturated heterocycles. The van der Waals surface area contributed by atoms with E-state index in [9.17, 15) is 13.2 Å². The number of rotatable bonds is 6. The monoisotopic (exact) mass is 382 g/mol. The topological polar surface area (TPSA) is 92.3 Å². The van der Waals surface area contributed by atoms with Crippen LogP contribution in [0.25, 0.3) is 11.0 Å². The number of carbonyl (C=O) groups excluding carboxylic acids is 1. The average Bonchev–Trinajstić information content (AvgIpc) is 3.10. The summed E-state index contributed by atoms with van der Waals surface area (Å²) >= 11 is 0.999. The molecule has 2 heterocycles. The van der Waals surface area contributed by atoms with Crippen LogP contribution in [-0.2, 0) is 14.8 Å². The maximum atomic E-state index is 13.1. The van der Waals surface area contributed by atoms with Crippen LogP contribution < -0.4 is 5.32 Å². The van der Waals surface area contributed by atoms with Gasteiger partial charge in [0.15, 0.2) is 0 Å². The van der Waals surface area contributed by atoms with E-state index < -0.39 is 10.0 Å². The van der Waals surface area contributed by atoms with Gasteiger partial charge in [0.2, 0.25) is 15.9 Å². The van der Waals surface area contributed by atoms with Gasteiger partial charge in [-0.2, -0.15) is 13.1 Å². The Morgan fingerprint density at radius 2 is 2.24 bits per heavy atom. The Hall–Kier alpha value is -1.58. The Kier molecular flexibility index (Phi) is 5.65. The average molecular weight is 383 g/mol. The molecule has 7 nitrogen and oxygen atoms in total. The number of piperidine rings is 1. The van der Waals surface area contributed by atoms with Crippen molar-refractivity contribution in [2.45, 2.75) is 37.5 Å². The summed E-state index contributed by atoms with van der Waals surface area (Å²) < 4.78 is 35.8. The molecule has 136 valence electrons. The molecular weight excluding hydrogens is 360 g/mol. The normalized spacial score (nSPS) is 19.2. The quantitative estimate of drug-likeness (QED) is 0.772. The number of carbonyl (C=O) groups is 1. The van der Waals surface area contributed by atoms with E-state index in [1.54, 1.807) is 18.2 Å². The van der Waals surface area contributed by atoms with E-state index in [4.69, 9.17) is 0 Å². The summed E-state index contributed by atoms with van der Waals surface area (Å²) in [7, 11) is -3.69. The van der Waals surface area contributed by atoms with Gasteiger partial charge in [0.1, 0.15) is 15.9 Å². The number of sulfonamides is 1. The summed E-state index contributed by atoms with van der Waals surface area (Å²) in [6, 6.07) is 4.98. The van der Waals surface area contributed by atoms with Crippen molar-refractivity contribution in [2.75, 3.05) is 19.6 Å². The summed E-state index contributed by atoms with van der Waals surface area (Å²) in [5.41, 5.74) is 0.985. The number of amides is 1. The van der Waals surface area contributed by atoms with E-state index in [-0.39, 0.29) is 23.3 Å². The van der Waals surface area contributed by atoms with Crippen LogP contribution in [0.4, 0.5) is 0 Å². The van der Waals surface area contributed by atoms with Gasteiger partial charge in [-0.3, -0.25) is 4.79 Å². The molecule has 9 heteroatoms. The van der Waals surface area contributed by atoms with E-state index in [2.05, 4.69) is 21.0 Å². The molecule has 0 radical (unpaired) electrons. The third-order valence-electron chi connectivity index (χ3n) is 4.45. The molecule has 25 heavy (non-hydrogen) atoms. The fraction of sp³-hybridized carbons (Fsp3) is 0.562. The second-order valence-electron chi connectivity index (χ2n) is 6.23. The van der Waals surface area contributed by atoms with Gasteiger partial charge in [-0.25, -0.2) is 8.42 Å². The highest BCUT2D eigenvalue weighted by atomic mass is 32.2. The van der Waals surface area contributed by atoms with Crippen molar-refractivity contribution in [1.29, 1.82) is 0 Å². The highest BCUT2D eigenvalue weighted by Gasteiger charge is 2.34. The van der Waals surface area contributed by atoms with Crippen molar-refractivity contribution < 1.29 is 13.2 Å². The number of nitrogens with zero attached hydrogens (tertiary/aromatic N) is 3. The molecule has 1 unspecified atom stereocenters. The third kappa shape index (κ3) is 3.83. The molecule has 1 atom stereocenters. The second kappa shape index (κ2) is 7.76. The van der Waals surface area contributed by atoms with Crippen LogP contribution >= 0.6 is 11.7 Å². The van der Waals surface area contributed by atoms with E-state index >= 15 is 0 Å². The Balaban J connectivity index is 1.78. The van der Waals surface area contributed by atoms with Gasteiger partial charge in [0, 0.05) is 19.6 Å². The van der Waals surface area contributed by atoms with Crippen molar-refractivity contribution in [2.24, 2.45) is 5.92 Å². The Labute approximate surface area is 151 Å². The smallest absolute Gasteiger partial charge is 0.245 e. The molecule has 0 spiro atoms. The van der Waals surface area contributed by atoms with Crippen molar-refractivity contribution >= 4 is 38.7 Å². The summed E-state index contributed by atoms with van der Waals surface area (Å²) in [6.07, 6.45) is 3.33. The minimum absolute atomic E-state index is 0.0538. The number of fused-ring (bicyclic) bond motifs is 1. The molecule has 1 aliphatic rings. The Morgan fingerprint density at radius 3 is 3.04 bits per heavy atom. The van der Waals surface area contributed by atoms with Gasteiger partial charge < -0.3 is 5.32 Å². The predicted octanol–water partition coefficient (Wildman–Crippen LogP) is 2.01. The van der Waals surface area contributed by atoms with Crippen molar-refractivity contribution in [3.63, 3.8) is 0 Å². The molecule has 0 aliphatic carbocycles. The van der Waals surface area contributed by atoms with Crippen molar-refractivity contribution in [3.8, 4) is 0 Å². The zero-order chi connectivity index (χ0) is 17.9. The van der Waals surface area contributed by atoms with Crippen LogP contribution in [-0.4, -0.2) is 47.0 Å². The lowest BCUT2D eigenvalue weighted by atomic mass is 9.99. The number of aromatic nitrogens is 2. The van der Waals surface area contributed by atoms with Gasteiger partial charge in [0.05, 0.1) is 17.6 Å². The fourth-order valence-electron chi connectivity index (χ4n) is 3.04. The summed E-state index contributed by atoms with van der Waals surface area (Å²) in [6.45, 7) is 3.35. The van der Waals surface area contributed by atoms with E-state index in [0.29, 0.717) is 37.0 Å². The van der Waals surface area contributed by atoms with Gasteiger partial charge in [-0.1, -0.05) is 19.4 Å². The molecule has 1 aromatic carbocycles. The first-order valence-electron chi connectivity index (χ1n) is 8.53. The minimum Gasteiger partial charge on any atom is -0.356 e. The van der Waals surface area contributed by atoms with Crippen LogP contribution in [0.15, 0.2) is 23.1 Å². The van der Waals surface area contributed by atoms with E-state index in [1.165, 1.54) is 4.31 Å². The lowest BCUT2D eigenvalue weighted by Crippen LogP contribution is -2.45. The first kappa shape index (κ1) is 18.2. The molecule has 1 aliphatic heterocycles. The number of hydrogen-bond donors (Lipinski definition) is 1. The van der Waals surface area contributed by atoms with E-state index in [1.807, 2.05) is 0 Å². The highest BCUT2D eigenvalue weighted by Crippen LogP contribution is 2.28. The molecule has 0 saturated carbocycles. The molecule has 3 rings (SSSR count). The lowest BCUT2D eigenvalue weighted by molar-refractivity contribution is -0.126. The van der Waals surface area contributed by atoms with Crippen molar-refractivity contribution in [3.05, 3.63) is 18.2 Å². The van der Waals surface area contributed by atoms with Crippen LogP contribution in [0.2, 0.25) is 0 Å². The summed E-state index contributed by atoms with van der Waals surface area (Å²) in [4.78, 5) is 12.5. The predicted molar refractivity (Wildman–Crippen MR) is 96.8 cm³/mol. The van der Waals surface area contributed by atoms with Gasteiger partial charge in [0.25, 0.3) is 0 Å². The number of hydrogen-bond acceptors (Lipinski definition) is 6. The summed E-state index contributed by atoms with van der Waals surface area (Å²) in [5.74, 6) is -0.352. The first-order chi connectivity index (χ1) is 12.0. The lowest BCUT2D eigenvalue weighted by Gasteiger charge is -2.31. The summed E-state index contributed by atoms with van der Waals surface area (Å²) in [5, 5.41) is 2.91. The SMILES string of the molecule is CCCCNC(=O)C1CCCN(S(=O)(=O)c2cccc3nsnc23)C1. The van der Waals surface area contributed by atoms with Gasteiger partial charge in [-0.15, -0.1) is 0 Å².